The van der Waals surface area contributed by atoms with Crippen LogP contribution in [0.15, 0.2) is 42.5 Å². The van der Waals surface area contributed by atoms with Gasteiger partial charge in [-0.05, 0) is 61.7 Å². The van der Waals surface area contributed by atoms with E-state index in [4.69, 9.17) is 9.47 Å². The van der Waals surface area contributed by atoms with Crippen molar-refractivity contribution in [3.05, 3.63) is 59.2 Å². The zero-order chi connectivity index (χ0) is 20.4. The molecule has 2 aromatic carbocycles. The van der Waals surface area contributed by atoms with E-state index in [1.807, 2.05) is 26.0 Å². The molecule has 0 aliphatic carbocycles. The lowest BCUT2D eigenvalue weighted by molar-refractivity contribution is -0.123. The molecule has 6 nitrogen and oxygen atoms in total. The Kier molecular flexibility index (Phi) is 8.34. The van der Waals surface area contributed by atoms with Gasteiger partial charge in [-0.2, -0.15) is 0 Å². The molecule has 0 atom stereocenters. The van der Waals surface area contributed by atoms with Gasteiger partial charge in [0.05, 0.1) is 6.61 Å². The number of ether oxygens (including phenoxy) is 2. The molecule has 2 amide bonds. The van der Waals surface area contributed by atoms with E-state index in [2.05, 4.69) is 17.8 Å². The molecular weight excluding hydrogens is 356 g/mol. The van der Waals surface area contributed by atoms with Crippen LogP contribution in [0.2, 0.25) is 0 Å². The van der Waals surface area contributed by atoms with E-state index < -0.39 is 11.8 Å². The van der Waals surface area contributed by atoms with Gasteiger partial charge in [0.15, 0.2) is 6.61 Å². The van der Waals surface area contributed by atoms with Crippen LogP contribution in [0.5, 0.6) is 11.5 Å². The molecule has 0 heterocycles. The minimum atomic E-state index is -0.440. The largest absolute Gasteiger partial charge is 0.494 e. The number of nitrogens with one attached hydrogen (secondary N) is 2. The topological polar surface area (TPSA) is 76.7 Å². The lowest BCUT2D eigenvalue weighted by Gasteiger charge is -2.12. The summed E-state index contributed by atoms with van der Waals surface area (Å²) in [6.07, 6.45) is 3.28. The molecule has 0 unspecified atom stereocenters. The molecule has 0 saturated carbocycles. The number of aryl methyl sites for hydroxylation is 1. The number of hydrogen-bond donors (Lipinski definition) is 2. The van der Waals surface area contributed by atoms with Crippen molar-refractivity contribution in [1.82, 2.24) is 10.9 Å². The highest BCUT2D eigenvalue weighted by atomic mass is 16.5. The molecule has 0 fully saturated rings. The van der Waals surface area contributed by atoms with Crippen molar-refractivity contribution in [3.63, 3.8) is 0 Å². The smallest absolute Gasteiger partial charge is 0.276 e. The summed E-state index contributed by atoms with van der Waals surface area (Å²) in [5, 5.41) is 0. The molecule has 0 aliphatic heterocycles. The van der Waals surface area contributed by atoms with Crippen LogP contribution in [0, 0.1) is 13.8 Å². The van der Waals surface area contributed by atoms with Crippen LogP contribution >= 0.6 is 0 Å². The third kappa shape index (κ3) is 6.61. The van der Waals surface area contributed by atoms with Crippen LogP contribution in [0.3, 0.4) is 0 Å². The van der Waals surface area contributed by atoms with Gasteiger partial charge in [0.2, 0.25) is 0 Å². The molecule has 0 aliphatic rings. The molecule has 0 radical (unpaired) electrons. The van der Waals surface area contributed by atoms with Crippen LogP contribution in [0.25, 0.3) is 0 Å². The van der Waals surface area contributed by atoms with Crippen molar-refractivity contribution < 1.29 is 19.1 Å². The first kappa shape index (κ1) is 21.3. The molecule has 2 aromatic rings. The quantitative estimate of drug-likeness (QED) is 0.510. The van der Waals surface area contributed by atoms with Gasteiger partial charge in [-0.15, -0.1) is 0 Å². The number of unbranched alkanes of at least 4 members (excludes halogenated alkanes) is 2. The number of hydrogen-bond acceptors (Lipinski definition) is 4. The average molecular weight is 384 g/mol. The Labute approximate surface area is 166 Å². The summed E-state index contributed by atoms with van der Waals surface area (Å²) >= 11 is 0. The Morgan fingerprint density at radius 2 is 1.68 bits per heavy atom. The standard InChI is InChI=1S/C22H28N2O4/c1-4-5-6-14-27-19-12-10-18(11-13-19)22(26)24-23-21(25)15-28-20-9-7-8-16(2)17(20)3/h7-13H,4-6,14-15H2,1-3H3,(H,23,25)(H,24,26). The fourth-order valence-corrected chi connectivity index (χ4v) is 2.50. The van der Waals surface area contributed by atoms with Crippen LogP contribution < -0.4 is 20.3 Å². The number of carbonyl (C=O) groups excluding carboxylic acids is 2. The molecule has 6 heteroatoms. The molecule has 0 saturated heterocycles. The highest BCUT2D eigenvalue weighted by Gasteiger charge is 2.09. The second-order valence-electron chi connectivity index (χ2n) is 6.57. The zero-order valence-electron chi connectivity index (χ0n) is 16.7. The third-order valence-electron chi connectivity index (χ3n) is 4.36. The predicted octanol–water partition coefficient (Wildman–Crippen LogP) is 3.71. The maximum absolute atomic E-state index is 12.1. The van der Waals surface area contributed by atoms with Crippen molar-refractivity contribution >= 4 is 11.8 Å². The molecule has 2 N–H and O–H groups in total. The van der Waals surface area contributed by atoms with E-state index in [1.165, 1.54) is 0 Å². The van der Waals surface area contributed by atoms with Crippen molar-refractivity contribution in [3.8, 4) is 11.5 Å². The maximum atomic E-state index is 12.1. The molecule has 150 valence electrons. The van der Waals surface area contributed by atoms with Gasteiger partial charge in [-0.3, -0.25) is 20.4 Å². The minimum Gasteiger partial charge on any atom is -0.494 e. The Morgan fingerprint density at radius 3 is 2.39 bits per heavy atom. The van der Waals surface area contributed by atoms with E-state index in [0.29, 0.717) is 17.9 Å². The van der Waals surface area contributed by atoms with Crippen LogP contribution in [0.4, 0.5) is 0 Å². The van der Waals surface area contributed by atoms with Gasteiger partial charge in [0.25, 0.3) is 11.8 Å². The third-order valence-corrected chi connectivity index (χ3v) is 4.36. The SMILES string of the molecule is CCCCCOc1ccc(C(=O)NNC(=O)COc2cccc(C)c2C)cc1. The van der Waals surface area contributed by atoms with Crippen LogP contribution in [-0.4, -0.2) is 25.0 Å². The summed E-state index contributed by atoms with van der Waals surface area (Å²) in [7, 11) is 0. The number of amides is 2. The molecule has 28 heavy (non-hydrogen) atoms. The first-order chi connectivity index (χ1) is 13.5. The van der Waals surface area contributed by atoms with Crippen molar-refractivity contribution in [1.29, 1.82) is 0 Å². The molecule has 2 rings (SSSR count). The molecule has 0 spiro atoms. The van der Waals surface area contributed by atoms with Gasteiger partial charge in [-0.1, -0.05) is 31.9 Å². The predicted molar refractivity (Wildman–Crippen MR) is 108 cm³/mol. The van der Waals surface area contributed by atoms with E-state index in [1.54, 1.807) is 30.3 Å². The monoisotopic (exact) mass is 384 g/mol. The summed E-state index contributed by atoms with van der Waals surface area (Å²) in [5.74, 6) is 0.525. The van der Waals surface area contributed by atoms with Crippen molar-refractivity contribution in [2.24, 2.45) is 0 Å². The van der Waals surface area contributed by atoms with Crippen molar-refractivity contribution in [2.75, 3.05) is 13.2 Å². The van der Waals surface area contributed by atoms with E-state index in [0.717, 1.165) is 36.1 Å². The fraction of sp³-hybridized carbons (Fsp3) is 0.364. The van der Waals surface area contributed by atoms with Crippen molar-refractivity contribution in [2.45, 2.75) is 40.0 Å². The summed E-state index contributed by atoms with van der Waals surface area (Å²) in [5.41, 5.74) is 7.23. The minimum absolute atomic E-state index is 0.185. The summed E-state index contributed by atoms with van der Waals surface area (Å²) in [6.45, 7) is 6.53. The van der Waals surface area contributed by atoms with E-state index >= 15 is 0 Å². The Hall–Kier alpha value is -3.02. The van der Waals surface area contributed by atoms with Crippen LogP contribution in [-0.2, 0) is 4.79 Å². The van der Waals surface area contributed by atoms with Gasteiger partial charge in [0.1, 0.15) is 11.5 Å². The van der Waals surface area contributed by atoms with Gasteiger partial charge in [-0.25, -0.2) is 0 Å². The van der Waals surface area contributed by atoms with Gasteiger partial charge in [0, 0.05) is 5.56 Å². The maximum Gasteiger partial charge on any atom is 0.276 e. The Morgan fingerprint density at radius 1 is 0.929 bits per heavy atom. The van der Waals surface area contributed by atoms with E-state index in [9.17, 15) is 9.59 Å². The number of carbonyl (C=O) groups is 2. The van der Waals surface area contributed by atoms with Gasteiger partial charge >= 0.3 is 0 Å². The molecular formula is C22H28N2O4. The normalized spacial score (nSPS) is 10.2. The molecule has 0 bridgehead atoms. The van der Waals surface area contributed by atoms with E-state index in [-0.39, 0.29) is 6.61 Å². The zero-order valence-corrected chi connectivity index (χ0v) is 16.7. The highest BCUT2D eigenvalue weighted by molar-refractivity contribution is 5.95. The summed E-state index contributed by atoms with van der Waals surface area (Å²) < 4.78 is 11.1. The first-order valence-corrected chi connectivity index (χ1v) is 9.52. The average Bonchev–Trinajstić information content (AvgIpc) is 2.71. The molecule has 0 aromatic heterocycles. The highest BCUT2D eigenvalue weighted by Crippen LogP contribution is 2.20. The number of rotatable bonds is 9. The lowest BCUT2D eigenvalue weighted by Crippen LogP contribution is -2.43. The number of benzene rings is 2. The Balaban J connectivity index is 1.75. The Bertz CT molecular complexity index is 788. The summed E-state index contributed by atoms with van der Waals surface area (Å²) in [6, 6.07) is 12.4. The fourth-order valence-electron chi connectivity index (χ4n) is 2.50. The second kappa shape index (κ2) is 11.0. The number of hydrazine groups is 1. The van der Waals surface area contributed by atoms with Crippen LogP contribution in [0.1, 0.15) is 47.7 Å². The summed E-state index contributed by atoms with van der Waals surface area (Å²) in [4.78, 5) is 24.0. The first-order valence-electron chi connectivity index (χ1n) is 9.52. The van der Waals surface area contributed by atoms with Gasteiger partial charge < -0.3 is 9.47 Å². The second-order valence-corrected chi connectivity index (χ2v) is 6.57. The lowest BCUT2D eigenvalue weighted by atomic mass is 10.1.